The fraction of sp³-hybridized carbons (Fsp3) is 0.222. The number of hydrogen-bond donors (Lipinski definition) is 1. The number of para-hydroxylation sites is 2. The van der Waals surface area contributed by atoms with Crippen LogP contribution in [0, 0.1) is 0 Å². The number of methoxy groups -OCH3 is 1. The van der Waals surface area contributed by atoms with Crippen molar-refractivity contribution in [3.8, 4) is 0 Å². The topological polar surface area (TPSA) is 58.6 Å². The Morgan fingerprint density at radius 3 is 2.26 bits per heavy atom. The van der Waals surface area contributed by atoms with E-state index in [0.717, 1.165) is 5.56 Å². The van der Waals surface area contributed by atoms with Crippen molar-refractivity contribution >= 4 is 23.2 Å². The van der Waals surface area contributed by atoms with Crippen LogP contribution in [0.25, 0.3) is 0 Å². The molecule has 5 heteroatoms. The Hall–Kier alpha value is -2.66. The van der Waals surface area contributed by atoms with Crippen LogP contribution in [-0.4, -0.2) is 26.0 Å². The lowest BCUT2D eigenvalue weighted by molar-refractivity contribution is -0.126. The van der Waals surface area contributed by atoms with Crippen LogP contribution in [0.2, 0.25) is 0 Å². The minimum absolute atomic E-state index is 0.113. The first-order chi connectivity index (χ1) is 11.0. The highest BCUT2D eigenvalue weighted by Crippen LogP contribution is 2.26. The van der Waals surface area contributed by atoms with Gasteiger partial charge in [-0.15, -0.1) is 0 Å². The molecule has 2 aromatic carbocycles. The first kappa shape index (κ1) is 16.7. The van der Waals surface area contributed by atoms with Gasteiger partial charge < -0.3 is 15.0 Å². The maximum Gasteiger partial charge on any atom is 0.258 e. The van der Waals surface area contributed by atoms with E-state index in [0.29, 0.717) is 11.4 Å². The molecule has 0 aliphatic heterocycles. The van der Waals surface area contributed by atoms with E-state index >= 15 is 0 Å². The zero-order valence-electron chi connectivity index (χ0n) is 13.4. The summed E-state index contributed by atoms with van der Waals surface area (Å²) in [5, 5.41) is 2.84. The molecular formula is C18H20N2O3. The summed E-state index contributed by atoms with van der Waals surface area (Å²) in [7, 11) is 3.16. The zero-order valence-corrected chi connectivity index (χ0v) is 13.4. The summed E-state index contributed by atoms with van der Waals surface area (Å²) >= 11 is 0. The molecule has 0 saturated carbocycles. The SMILES string of the molecule is CO[C@@H](C(=O)Nc1ccccc1N(C)C(C)=O)c1ccccc1. The molecule has 0 radical (unpaired) electrons. The molecule has 1 atom stereocenters. The highest BCUT2D eigenvalue weighted by molar-refractivity contribution is 6.01. The number of rotatable bonds is 5. The average Bonchev–Trinajstić information content (AvgIpc) is 2.56. The lowest BCUT2D eigenvalue weighted by atomic mass is 10.1. The minimum Gasteiger partial charge on any atom is -0.367 e. The second-order valence-electron chi connectivity index (χ2n) is 5.11. The molecule has 23 heavy (non-hydrogen) atoms. The number of carbonyl (C=O) groups is 2. The molecule has 0 aliphatic rings. The van der Waals surface area contributed by atoms with Gasteiger partial charge in [0.1, 0.15) is 0 Å². The van der Waals surface area contributed by atoms with E-state index in [-0.39, 0.29) is 11.8 Å². The maximum atomic E-state index is 12.5. The van der Waals surface area contributed by atoms with Crippen molar-refractivity contribution in [3.63, 3.8) is 0 Å². The lowest BCUT2D eigenvalue weighted by Crippen LogP contribution is -2.27. The number of nitrogens with zero attached hydrogens (tertiary/aromatic N) is 1. The predicted octanol–water partition coefficient (Wildman–Crippen LogP) is 3.00. The largest absolute Gasteiger partial charge is 0.367 e. The summed E-state index contributed by atoms with van der Waals surface area (Å²) in [5.41, 5.74) is 1.97. The molecule has 5 nitrogen and oxygen atoms in total. The fourth-order valence-corrected chi connectivity index (χ4v) is 2.26. The summed E-state index contributed by atoms with van der Waals surface area (Å²) < 4.78 is 5.33. The highest BCUT2D eigenvalue weighted by atomic mass is 16.5. The molecule has 0 saturated heterocycles. The molecule has 120 valence electrons. The second-order valence-corrected chi connectivity index (χ2v) is 5.11. The van der Waals surface area contributed by atoms with Gasteiger partial charge >= 0.3 is 0 Å². The van der Waals surface area contributed by atoms with Crippen molar-refractivity contribution in [2.24, 2.45) is 0 Å². The van der Waals surface area contributed by atoms with Crippen molar-refractivity contribution in [3.05, 3.63) is 60.2 Å². The summed E-state index contributed by atoms with van der Waals surface area (Å²) in [6, 6.07) is 16.4. The maximum absolute atomic E-state index is 12.5. The Balaban J connectivity index is 2.25. The molecule has 0 fully saturated rings. The van der Waals surface area contributed by atoms with Crippen LogP contribution >= 0.6 is 0 Å². The van der Waals surface area contributed by atoms with Crippen LogP contribution < -0.4 is 10.2 Å². The molecule has 0 spiro atoms. The van der Waals surface area contributed by atoms with Gasteiger partial charge in [0.05, 0.1) is 11.4 Å². The Morgan fingerprint density at radius 2 is 1.65 bits per heavy atom. The normalized spacial score (nSPS) is 11.6. The number of nitrogens with one attached hydrogen (secondary N) is 1. The van der Waals surface area contributed by atoms with E-state index in [1.54, 1.807) is 25.2 Å². The smallest absolute Gasteiger partial charge is 0.258 e. The van der Waals surface area contributed by atoms with E-state index in [4.69, 9.17) is 4.74 Å². The van der Waals surface area contributed by atoms with Crippen LogP contribution in [0.1, 0.15) is 18.6 Å². The van der Waals surface area contributed by atoms with E-state index < -0.39 is 6.10 Å². The molecule has 2 rings (SSSR count). The summed E-state index contributed by atoms with van der Waals surface area (Å²) in [4.78, 5) is 25.6. The number of anilines is 2. The van der Waals surface area contributed by atoms with Gasteiger partial charge in [-0.3, -0.25) is 9.59 Å². The first-order valence-electron chi connectivity index (χ1n) is 7.26. The van der Waals surface area contributed by atoms with Gasteiger partial charge in [-0.1, -0.05) is 42.5 Å². The van der Waals surface area contributed by atoms with E-state index in [1.165, 1.54) is 18.9 Å². The molecular weight excluding hydrogens is 292 g/mol. The number of ether oxygens (including phenoxy) is 1. The number of hydrogen-bond acceptors (Lipinski definition) is 3. The van der Waals surface area contributed by atoms with Gasteiger partial charge in [-0.25, -0.2) is 0 Å². The number of benzene rings is 2. The zero-order chi connectivity index (χ0) is 16.8. The van der Waals surface area contributed by atoms with Gasteiger partial charge in [-0.2, -0.15) is 0 Å². The van der Waals surface area contributed by atoms with Crippen molar-refractivity contribution in [1.29, 1.82) is 0 Å². The third kappa shape index (κ3) is 3.96. The van der Waals surface area contributed by atoms with Crippen LogP contribution in [0.4, 0.5) is 11.4 Å². The third-order valence-corrected chi connectivity index (χ3v) is 3.57. The average molecular weight is 312 g/mol. The summed E-state index contributed by atoms with van der Waals surface area (Å²) in [6.07, 6.45) is -0.716. The molecule has 2 amide bonds. The Kier molecular flexibility index (Phi) is 5.49. The van der Waals surface area contributed by atoms with Crippen molar-refractivity contribution in [2.45, 2.75) is 13.0 Å². The molecule has 2 aromatic rings. The molecule has 0 bridgehead atoms. The fourth-order valence-electron chi connectivity index (χ4n) is 2.26. The van der Waals surface area contributed by atoms with Crippen LogP contribution in [0.3, 0.4) is 0 Å². The Labute approximate surface area is 135 Å². The molecule has 0 heterocycles. The van der Waals surface area contributed by atoms with Crippen molar-refractivity contribution in [2.75, 3.05) is 24.4 Å². The monoisotopic (exact) mass is 312 g/mol. The van der Waals surface area contributed by atoms with Gasteiger partial charge in [0.15, 0.2) is 6.10 Å². The van der Waals surface area contributed by atoms with Gasteiger partial charge in [0, 0.05) is 21.1 Å². The van der Waals surface area contributed by atoms with Crippen LogP contribution in [-0.2, 0) is 14.3 Å². The van der Waals surface area contributed by atoms with Crippen molar-refractivity contribution in [1.82, 2.24) is 0 Å². The number of carbonyl (C=O) groups excluding carboxylic acids is 2. The molecule has 1 N–H and O–H groups in total. The van der Waals surface area contributed by atoms with Crippen LogP contribution in [0.5, 0.6) is 0 Å². The highest BCUT2D eigenvalue weighted by Gasteiger charge is 2.21. The first-order valence-corrected chi connectivity index (χ1v) is 7.26. The minimum atomic E-state index is -0.716. The quantitative estimate of drug-likeness (QED) is 0.923. The van der Waals surface area contributed by atoms with Gasteiger partial charge in [0.25, 0.3) is 5.91 Å². The number of amides is 2. The van der Waals surface area contributed by atoms with E-state index in [1.807, 2.05) is 36.4 Å². The van der Waals surface area contributed by atoms with Gasteiger partial charge in [0.2, 0.25) is 5.91 Å². The summed E-state index contributed by atoms with van der Waals surface area (Å²) in [6.45, 7) is 1.47. The molecule has 0 unspecified atom stereocenters. The van der Waals surface area contributed by atoms with E-state index in [9.17, 15) is 9.59 Å². The third-order valence-electron chi connectivity index (χ3n) is 3.57. The van der Waals surface area contributed by atoms with Gasteiger partial charge in [-0.05, 0) is 17.7 Å². The Bertz CT molecular complexity index is 686. The van der Waals surface area contributed by atoms with E-state index in [2.05, 4.69) is 5.32 Å². The predicted molar refractivity (Wildman–Crippen MR) is 90.3 cm³/mol. The van der Waals surface area contributed by atoms with Crippen molar-refractivity contribution < 1.29 is 14.3 Å². The Morgan fingerprint density at radius 1 is 1.04 bits per heavy atom. The second kappa shape index (κ2) is 7.56. The lowest BCUT2D eigenvalue weighted by Gasteiger charge is -2.21. The van der Waals surface area contributed by atoms with Crippen LogP contribution in [0.15, 0.2) is 54.6 Å². The molecule has 0 aromatic heterocycles. The molecule has 0 aliphatic carbocycles. The standard InChI is InChI=1S/C18H20N2O3/c1-13(21)20(2)16-12-8-7-11-15(16)19-18(22)17(23-3)14-9-5-4-6-10-14/h4-12,17H,1-3H3,(H,19,22)/t17-/m1/s1. The summed E-state index contributed by atoms with van der Waals surface area (Å²) in [5.74, 6) is -0.402.